The number of aryl methyl sites for hydroxylation is 1. The van der Waals surface area contributed by atoms with Gasteiger partial charge in [0.2, 0.25) is 11.7 Å². The van der Waals surface area contributed by atoms with Gasteiger partial charge < -0.3 is 9.26 Å². The van der Waals surface area contributed by atoms with Gasteiger partial charge in [0.1, 0.15) is 12.4 Å². The fourth-order valence-corrected chi connectivity index (χ4v) is 2.44. The van der Waals surface area contributed by atoms with E-state index in [0.717, 1.165) is 17.9 Å². The highest BCUT2D eigenvalue weighted by Crippen LogP contribution is 2.20. The van der Waals surface area contributed by atoms with E-state index in [0.29, 0.717) is 24.9 Å². The highest BCUT2D eigenvalue weighted by atomic mass is 16.5. The summed E-state index contributed by atoms with van der Waals surface area (Å²) in [6.07, 6.45) is 3.42. The number of pyridine rings is 1. The number of likely N-dealkylation sites (N-methyl/N-ethyl adjacent to an activating group) is 1. The smallest absolute Gasteiger partial charge is 0.241 e. The minimum atomic E-state index is 0.578. The van der Waals surface area contributed by atoms with E-state index < -0.39 is 0 Å². The molecule has 0 spiro atoms. The summed E-state index contributed by atoms with van der Waals surface area (Å²) in [4.78, 5) is 10.5. The van der Waals surface area contributed by atoms with Crippen molar-refractivity contribution in [3.8, 4) is 17.1 Å². The molecule has 0 aliphatic heterocycles. The fraction of sp³-hybridized carbons (Fsp3) is 0.316. The molecule has 0 saturated heterocycles. The first-order valence-electron chi connectivity index (χ1n) is 8.24. The predicted molar refractivity (Wildman–Crippen MR) is 95.3 cm³/mol. The molecule has 3 rings (SSSR count). The van der Waals surface area contributed by atoms with Crippen molar-refractivity contribution in [3.63, 3.8) is 0 Å². The molecule has 0 amide bonds. The number of ether oxygens (including phenoxy) is 1. The second kappa shape index (κ2) is 7.90. The maximum Gasteiger partial charge on any atom is 0.241 e. The van der Waals surface area contributed by atoms with Crippen molar-refractivity contribution in [1.29, 1.82) is 0 Å². The fourth-order valence-electron chi connectivity index (χ4n) is 2.44. The Hall–Kier alpha value is -2.73. The Labute approximate surface area is 147 Å². The number of benzene rings is 1. The van der Waals surface area contributed by atoms with Gasteiger partial charge in [-0.25, -0.2) is 0 Å². The lowest BCUT2D eigenvalue weighted by Crippen LogP contribution is -2.24. The van der Waals surface area contributed by atoms with Gasteiger partial charge in [-0.3, -0.25) is 9.88 Å². The minimum Gasteiger partial charge on any atom is -0.492 e. The van der Waals surface area contributed by atoms with Crippen LogP contribution < -0.4 is 4.74 Å². The lowest BCUT2D eigenvalue weighted by molar-refractivity contribution is 0.212. The molecule has 0 saturated carbocycles. The van der Waals surface area contributed by atoms with Crippen molar-refractivity contribution >= 4 is 0 Å². The van der Waals surface area contributed by atoms with E-state index in [4.69, 9.17) is 9.26 Å². The Bertz CT molecular complexity index is 817. The van der Waals surface area contributed by atoms with Gasteiger partial charge in [-0.1, -0.05) is 17.3 Å². The van der Waals surface area contributed by atoms with Crippen molar-refractivity contribution < 1.29 is 9.26 Å². The standard InChI is InChI=1S/C19H22N4O2/c1-14-5-4-6-17(15(14)2)24-12-11-23(3)13-18-21-19(22-25-18)16-7-9-20-10-8-16/h4-10H,11-13H2,1-3H3. The third-order valence-electron chi connectivity index (χ3n) is 4.10. The van der Waals surface area contributed by atoms with Crippen LogP contribution in [-0.4, -0.2) is 40.2 Å². The van der Waals surface area contributed by atoms with Crippen LogP contribution >= 0.6 is 0 Å². The van der Waals surface area contributed by atoms with E-state index in [9.17, 15) is 0 Å². The molecule has 0 aliphatic carbocycles. The minimum absolute atomic E-state index is 0.578. The van der Waals surface area contributed by atoms with Crippen LogP contribution in [0.25, 0.3) is 11.4 Å². The van der Waals surface area contributed by atoms with Gasteiger partial charge in [0.15, 0.2) is 0 Å². The molecular weight excluding hydrogens is 316 g/mol. The highest BCUT2D eigenvalue weighted by molar-refractivity contribution is 5.52. The number of hydrogen-bond acceptors (Lipinski definition) is 6. The summed E-state index contributed by atoms with van der Waals surface area (Å²) >= 11 is 0. The van der Waals surface area contributed by atoms with Crippen LogP contribution in [0.15, 0.2) is 47.2 Å². The van der Waals surface area contributed by atoms with Gasteiger partial charge in [0.25, 0.3) is 0 Å². The molecule has 25 heavy (non-hydrogen) atoms. The zero-order valence-electron chi connectivity index (χ0n) is 14.8. The Morgan fingerprint density at radius 2 is 1.92 bits per heavy atom. The summed E-state index contributed by atoms with van der Waals surface area (Å²) < 4.78 is 11.2. The van der Waals surface area contributed by atoms with Crippen LogP contribution in [0.4, 0.5) is 0 Å². The summed E-state index contributed by atoms with van der Waals surface area (Å²) in [6, 6.07) is 9.82. The van der Waals surface area contributed by atoms with E-state index in [1.807, 2.05) is 31.3 Å². The van der Waals surface area contributed by atoms with Crippen molar-refractivity contribution in [1.82, 2.24) is 20.0 Å². The topological polar surface area (TPSA) is 64.3 Å². The Kier molecular flexibility index (Phi) is 5.40. The van der Waals surface area contributed by atoms with Crippen LogP contribution in [0.1, 0.15) is 17.0 Å². The molecular formula is C19H22N4O2. The lowest BCUT2D eigenvalue weighted by atomic mass is 10.1. The summed E-state index contributed by atoms with van der Waals surface area (Å²) in [5, 5.41) is 4.02. The third-order valence-corrected chi connectivity index (χ3v) is 4.10. The first-order valence-corrected chi connectivity index (χ1v) is 8.24. The van der Waals surface area contributed by atoms with E-state index >= 15 is 0 Å². The average molecular weight is 338 g/mol. The number of rotatable bonds is 7. The van der Waals surface area contributed by atoms with Gasteiger partial charge in [-0.05, 0) is 50.2 Å². The van der Waals surface area contributed by atoms with Crippen LogP contribution in [-0.2, 0) is 6.54 Å². The maximum absolute atomic E-state index is 5.89. The molecule has 130 valence electrons. The van der Waals surface area contributed by atoms with Gasteiger partial charge in [-0.15, -0.1) is 0 Å². The molecule has 2 heterocycles. The van der Waals surface area contributed by atoms with Crippen molar-refractivity contribution in [3.05, 3.63) is 59.7 Å². The zero-order valence-corrected chi connectivity index (χ0v) is 14.8. The lowest BCUT2D eigenvalue weighted by Gasteiger charge is -2.16. The molecule has 0 N–H and O–H groups in total. The second-order valence-corrected chi connectivity index (χ2v) is 6.03. The summed E-state index contributed by atoms with van der Waals surface area (Å²) in [5.74, 6) is 2.10. The second-order valence-electron chi connectivity index (χ2n) is 6.03. The molecule has 2 aromatic heterocycles. The largest absolute Gasteiger partial charge is 0.492 e. The predicted octanol–water partition coefficient (Wildman–Crippen LogP) is 3.26. The molecule has 6 nitrogen and oxygen atoms in total. The summed E-state index contributed by atoms with van der Waals surface area (Å²) in [6.45, 7) is 6.11. The van der Waals surface area contributed by atoms with E-state index in [1.165, 1.54) is 11.1 Å². The van der Waals surface area contributed by atoms with Crippen molar-refractivity contribution in [2.45, 2.75) is 20.4 Å². The zero-order chi connectivity index (χ0) is 17.6. The summed E-state index contributed by atoms with van der Waals surface area (Å²) in [5.41, 5.74) is 3.32. The van der Waals surface area contributed by atoms with Crippen LogP contribution in [0.3, 0.4) is 0 Å². The maximum atomic E-state index is 5.89. The van der Waals surface area contributed by atoms with Crippen molar-refractivity contribution in [2.24, 2.45) is 0 Å². The average Bonchev–Trinajstić information content (AvgIpc) is 3.08. The quantitative estimate of drug-likeness (QED) is 0.659. The van der Waals surface area contributed by atoms with Crippen LogP contribution in [0.2, 0.25) is 0 Å². The van der Waals surface area contributed by atoms with Crippen LogP contribution in [0, 0.1) is 13.8 Å². The van der Waals surface area contributed by atoms with Gasteiger partial charge in [0, 0.05) is 24.5 Å². The molecule has 1 aromatic carbocycles. The number of nitrogens with zero attached hydrogens (tertiary/aromatic N) is 4. The molecule has 0 unspecified atom stereocenters. The van der Waals surface area contributed by atoms with Gasteiger partial charge in [0.05, 0.1) is 6.54 Å². The van der Waals surface area contributed by atoms with Gasteiger partial charge in [-0.2, -0.15) is 4.98 Å². The van der Waals surface area contributed by atoms with Crippen molar-refractivity contribution in [2.75, 3.05) is 20.2 Å². The first-order chi connectivity index (χ1) is 12.1. The SMILES string of the molecule is Cc1cccc(OCCN(C)Cc2nc(-c3ccncc3)no2)c1C. The molecule has 6 heteroatoms. The Morgan fingerprint density at radius 3 is 2.72 bits per heavy atom. The third kappa shape index (κ3) is 4.42. The molecule has 0 fully saturated rings. The number of aromatic nitrogens is 3. The monoisotopic (exact) mass is 338 g/mol. The summed E-state index contributed by atoms with van der Waals surface area (Å²) in [7, 11) is 2.00. The molecule has 0 bridgehead atoms. The molecule has 3 aromatic rings. The van der Waals surface area contributed by atoms with E-state index in [1.54, 1.807) is 12.4 Å². The van der Waals surface area contributed by atoms with E-state index in [2.05, 4.69) is 39.9 Å². The van der Waals surface area contributed by atoms with E-state index in [-0.39, 0.29) is 0 Å². The van der Waals surface area contributed by atoms with Gasteiger partial charge >= 0.3 is 0 Å². The molecule has 0 atom stereocenters. The van der Waals surface area contributed by atoms with Crippen LogP contribution in [0.5, 0.6) is 5.75 Å². The Morgan fingerprint density at radius 1 is 1.12 bits per heavy atom. The number of hydrogen-bond donors (Lipinski definition) is 0. The highest BCUT2D eigenvalue weighted by Gasteiger charge is 2.11. The Balaban J connectivity index is 1.50. The normalized spacial score (nSPS) is 11.0. The first kappa shape index (κ1) is 17.1. The molecule has 0 aliphatic rings. The molecule has 0 radical (unpaired) electrons.